The van der Waals surface area contributed by atoms with E-state index >= 15 is 0 Å². The number of hydrogen-bond acceptors (Lipinski definition) is 3. The first-order valence-electron chi connectivity index (χ1n) is 6.19. The summed E-state index contributed by atoms with van der Waals surface area (Å²) in [6.45, 7) is 7.73. The minimum atomic E-state index is 0.835. The van der Waals surface area contributed by atoms with Crippen molar-refractivity contribution >= 4 is 23.0 Å². The maximum absolute atomic E-state index is 6.32. The summed E-state index contributed by atoms with van der Waals surface area (Å²) in [5.41, 5.74) is 2.22. The van der Waals surface area contributed by atoms with Gasteiger partial charge in [-0.3, -0.25) is 0 Å². The van der Waals surface area contributed by atoms with E-state index in [-0.39, 0.29) is 0 Å². The van der Waals surface area contributed by atoms with Gasteiger partial charge in [0.05, 0.1) is 10.7 Å². The van der Waals surface area contributed by atoms with Crippen molar-refractivity contribution in [3.63, 3.8) is 0 Å². The van der Waals surface area contributed by atoms with Crippen LogP contribution in [0.25, 0.3) is 0 Å². The third-order valence-electron chi connectivity index (χ3n) is 3.40. The van der Waals surface area contributed by atoms with Crippen molar-refractivity contribution in [3.8, 4) is 0 Å². The molecule has 94 valence electrons. The molecule has 1 aromatic rings. The van der Waals surface area contributed by atoms with Crippen LogP contribution in [0.4, 0.5) is 11.4 Å². The van der Waals surface area contributed by atoms with Crippen molar-refractivity contribution < 1.29 is 0 Å². The van der Waals surface area contributed by atoms with E-state index in [0.29, 0.717) is 0 Å². The van der Waals surface area contributed by atoms with Crippen LogP contribution in [0.5, 0.6) is 0 Å². The summed E-state index contributed by atoms with van der Waals surface area (Å²) in [5, 5.41) is 3.94. The van der Waals surface area contributed by atoms with Gasteiger partial charge in [-0.1, -0.05) is 18.5 Å². The highest BCUT2D eigenvalue weighted by molar-refractivity contribution is 6.33. The van der Waals surface area contributed by atoms with E-state index in [2.05, 4.69) is 34.2 Å². The van der Waals surface area contributed by atoms with Crippen LogP contribution in [0.2, 0.25) is 5.02 Å². The maximum Gasteiger partial charge on any atom is 0.0660 e. The summed E-state index contributed by atoms with van der Waals surface area (Å²) in [7, 11) is 1.91. The first-order chi connectivity index (χ1) is 8.24. The largest absolute Gasteiger partial charge is 0.388 e. The fourth-order valence-corrected chi connectivity index (χ4v) is 2.52. The lowest BCUT2D eigenvalue weighted by Crippen LogP contribution is -2.46. The second-order valence-corrected chi connectivity index (χ2v) is 4.74. The molecule has 0 amide bonds. The molecule has 1 aliphatic rings. The van der Waals surface area contributed by atoms with Crippen LogP contribution in [0.3, 0.4) is 0 Å². The summed E-state index contributed by atoms with van der Waals surface area (Å²) < 4.78 is 0. The molecule has 1 saturated heterocycles. The predicted octanol–water partition coefficient (Wildman–Crippen LogP) is 2.52. The molecule has 0 radical (unpaired) electrons. The van der Waals surface area contributed by atoms with Crippen LogP contribution in [0, 0.1) is 0 Å². The molecule has 0 saturated carbocycles. The van der Waals surface area contributed by atoms with E-state index in [1.54, 1.807) is 0 Å². The second kappa shape index (κ2) is 5.61. The highest BCUT2D eigenvalue weighted by Crippen LogP contribution is 2.29. The summed E-state index contributed by atoms with van der Waals surface area (Å²) in [5.74, 6) is 0. The van der Waals surface area contributed by atoms with E-state index in [1.165, 1.54) is 0 Å². The van der Waals surface area contributed by atoms with Crippen LogP contribution in [0.15, 0.2) is 18.2 Å². The molecule has 1 aromatic carbocycles. The third-order valence-corrected chi connectivity index (χ3v) is 3.70. The van der Waals surface area contributed by atoms with Gasteiger partial charge in [0.1, 0.15) is 0 Å². The van der Waals surface area contributed by atoms with E-state index in [9.17, 15) is 0 Å². The van der Waals surface area contributed by atoms with E-state index in [1.807, 2.05) is 13.1 Å². The molecule has 1 fully saturated rings. The van der Waals surface area contributed by atoms with Crippen LogP contribution < -0.4 is 10.2 Å². The van der Waals surface area contributed by atoms with E-state index < -0.39 is 0 Å². The minimum absolute atomic E-state index is 0.835. The number of piperazine rings is 1. The molecule has 0 bridgehead atoms. The molecule has 0 spiro atoms. The Morgan fingerprint density at radius 1 is 1.24 bits per heavy atom. The Labute approximate surface area is 108 Å². The Kier molecular flexibility index (Phi) is 4.13. The van der Waals surface area contributed by atoms with Gasteiger partial charge in [0, 0.05) is 38.9 Å². The Morgan fingerprint density at radius 3 is 2.47 bits per heavy atom. The van der Waals surface area contributed by atoms with Gasteiger partial charge in [-0.2, -0.15) is 0 Å². The molecule has 4 heteroatoms. The number of likely N-dealkylation sites (N-methyl/N-ethyl adjacent to an activating group) is 1. The normalized spacial score (nSPS) is 17.2. The van der Waals surface area contributed by atoms with Crippen molar-refractivity contribution in [2.45, 2.75) is 6.92 Å². The minimum Gasteiger partial charge on any atom is -0.388 e. The quantitative estimate of drug-likeness (QED) is 0.893. The molecule has 1 heterocycles. The molecular formula is C13H20ClN3. The van der Waals surface area contributed by atoms with Crippen molar-refractivity contribution in [1.29, 1.82) is 0 Å². The van der Waals surface area contributed by atoms with Gasteiger partial charge in [0.2, 0.25) is 0 Å². The Bertz CT molecular complexity index is 373. The number of anilines is 2. The molecule has 0 aliphatic carbocycles. The Hall–Kier alpha value is -0.930. The maximum atomic E-state index is 6.32. The van der Waals surface area contributed by atoms with E-state index in [0.717, 1.165) is 49.1 Å². The zero-order chi connectivity index (χ0) is 12.3. The number of halogens is 1. The topological polar surface area (TPSA) is 18.5 Å². The summed E-state index contributed by atoms with van der Waals surface area (Å²) in [6.07, 6.45) is 0. The van der Waals surface area contributed by atoms with Gasteiger partial charge in [0.25, 0.3) is 0 Å². The first kappa shape index (κ1) is 12.5. The molecule has 1 aliphatic heterocycles. The fourth-order valence-electron chi connectivity index (χ4n) is 2.22. The van der Waals surface area contributed by atoms with Gasteiger partial charge < -0.3 is 15.1 Å². The Balaban J connectivity index is 2.08. The lowest BCUT2D eigenvalue weighted by molar-refractivity contribution is 0.271. The number of rotatable bonds is 3. The predicted molar refractivity (Wildman–Crippen MR) is 75.3 cm³/mol. The summed E-state index contributed by atoms with van der Waals surface area (Å²) in [6, 6.07) is 6.17. The molecular weight excluding hydrogens is 234 g/mol. The lowest BCUT2D eigenvalue weighted by Gasteiger charge is -2.36. The summed E-state index contributed by atoms with van der Waals surface area (Å²) in [4.78, 5) is 4.83. The molecule has 0 atom stereocenters. The number of nitrogens with zero attached hydrogens (tertiary/aromatic N) is 2. The molecule has 2 rings (SSSR count). The SMILES string of the molecule is CCN1CCN(c2ccc(NC)cc2Cl)CC1. The van der Waals surface area contributed by atoms with E-state index in [4.69, 9.17) is 11.6 Å². The van der Waals surface area contributed by atoms with Crippen molar-refractivity contribution in [3.05, 3.63) is 23.2 Å². The fraction of sp³-hybridized carbons (Fsp3) is 0.538. The highest BCUT2D eigenvalue weighted by Gasteiger charge is 2.17. The Morgan fingerprint density at radius 2 is 1.94 bits per heavy atom. The zero-order valence-corrected chi connectivity index (χ0v) is 11.3. The smallest absolute Gasteiger partial charge is 0.0660 e. The van der Waals surface area contributed by atoms with Gasteiger partial charge in [-0.05, 0) is 24.7 Å². The van der Waals surface area contributed by atoms with Crippen LogP contribution in [-0.4, -0.2) is 44.7 Å². The average Bonchev–Trinajstić information content (AvgIpc) is 2.39. The lowest BCUT2D eigenvalue weighted by atomic mass is 10.2. The van der Waals surface area contributed by atoms with Crippen LogP contribution >= 0.6 is 11.6 Å². The summed E-state index contributed by atoms with van der Waals surface area (Å²) >= 11 is 6.32. The monoisotopic (exact) mass is 253 g/mol. The molecule has 17 heavy (non-hydrogen) atoms. The van der Waals surface area contributed by atoms with Crippen molar-refractivity contribution in [2.24, 2.45) is 0 Å². The molecule has 3 nitrogen and oxygen atoms in total. The highest BCUT2D eigenvalue weighted by atomic mass is 35.5. The second-order valence-electron chi connectivity index (χ2n) is 4.34. The first-order valence-corrected chi connectivity index (χ1v) is 6.57. The number of hydrogen-bond donors (Lipinski definition) is 1. The van der Waals surface area contributed by atoms with Crippen molar-refractivity contribution in [2.75, 3.05) is 50.0 Å². The number of benzene rings is 1. The third kappa shape index (κ3) is 2.85. The van der Waals surface area contributed by atoms with Gasteiger partial charge in [-0.25, -0.2) is 0 Å². The average molecular weight is 254 g/mol. The van der Waals surface area contributed by atoms with Crippen LogP contribution in [0.1, 0.15) is 6.92 Å². The number of nitrogens with one attached hydrogen (secondary N) is 1. The zero-order valence-electron chi connectivity index (χ0n) is 10.5. The van der Waals surface area contributed by atoms with Crippen molar-refractivity contribution in [1.82, 2.24) is 4.90 Å². The van der Waals surface area contributed by atoms with Crippen LogP contribution in [-0.2, 0) is 0 Å². The molecule has 0 unspecified atom stereocenters. The van der Waals surface area contributed by atoms with Gasteiger partial charge in [-0.15, -0.1) is 0 Å². The molecule has 0 aromatic heterocycles. The van der Waals surface area contributed by atoms with Gasteiger partial charge >= 0.3 is 0 Å². The standard InChI is InChI=1S/C13H20ClN3/c1-3-16-6-8-17(9-7-16)13-5-4-11(15-2)10-12(13)14/h4-5,10,15H,3,6-9H2,1-2H3. The van der Waals surface area contributed by atoms with Gasteiger partial charge in [0.15, 0.2) is 0 Å². The molecule has 1 N–H and O–H groups in total.